The lowest BCUT2D eigenvalue weighted by Gasteiger charge is -2.15. The molecular weight excluding hydrogens is 170 g/mol. The molecule has 0 aromatic heterocycles. The minimum atomic E-state index is 0.501. The first kappa shape index (κ1) is 9.72. The summed E-state index contributed by atoms with van der Waals surface area (Å²) in [5.74, 6) is 0. The Hall–Kier alpha value is -0.820. The van der Waals surface area contributed by atoms with Crippen LogP contribution in [0.25, 0.3) is 0 Å². The molecule has 0 amide bonds. The Balaban J connectivity index is 2.12. The fourth-order valence-corrected chi connectivity index (χ4v) is 1.96. The van der Waals surface area contributed by atoms with Gasteiger partial charge in [-0.25, -0.2) is 0 Å². The summed E-state index contributed by atoms with van der Waals surface area (Å²) in [6, 6.07) is 8.08. The number of hydrogen-bond acceptors (Lipinski definition) is 1. The van der Waals surface area contributed by atoms with E-state index in [1.54, 1.807) is 0 Å². The average Bonchev–Trinajstić information content (AvgIpc) is 2.86. The minimum Gasteiger partial charge on any atom is -0.307 e. The van der Waals surface area contributed by atoms with Crippen molar-refractivity contribution in [1.82, 2.24) is 5.32 Å². The highest BCUT2D eigenvalue weighted by Gasteiger charge is 2.23. The van der Waals surface area contributed by atoms with Crippen LogP contribution in [0, 0.1) is 13.8 Å². The number of aryl methyl sites for hydroxylation is 2. The second kappa shape index (κ2) is 3.74. The third-order valence-corrected chi connectivity index (χ3v) is 2.81. The van der Waals surface area contributed by atoms with E-state index in [2.05, 4.69) is 44.3 Å². The Kier molecular flexibility index (Phi) is 2.60. The molecule has 1 aliphatic rings. The number of benzene rings is 1. The monoisotopic (exact) mass is 189 g/mol. The van der Waals surface area contributed by atoms with Crippen LogP contribution in [0.5, 0.6) is 0 Å². The quantitative estimate of drug-likeness (QED) is 0.770. The van der Waals surface area contributed by atoms with Crippen molar-refractivity contribution >= 4 is 0 Å². The van der Waals surface area contributed by atoms with Gasteiger partial charge in [0.15, 0.2) is 0 Å². The summed E-state index contributed by atoms with van der Waals surface area (Å²) >= 11 is 0. The van der Waals surface area contributed by atoms with Crippen LogP contribution in [0.2, 0.25) is 0 Å². The molecule has 1 fully saturated rings. The van der Waals surface area contributed by atoms with Crippen molar-refractivity contribution in [3.05, 3.63) is 34.9 Å². The average molecular weight is 189 g/mol. The minimum absolute atomic E-state index is 0.501. The Bertz CT molecular complexity index is 306. The van der Waals surface area contributed by atoms with Gasteiger partial charge in [-0.3, -0.25) is 0 Å². The predicted molar refractivity (Wildman–Crippen MR) is 60.5 cm³/mol. The molecule has 1 nitrogen and oxygen atoms in total. The summed E-state index contributed by atoms with van der Waals surface area (Å²) in [6.45, 7) is 6.59. The maximum Gasteiger partial charge on any atom is 0.0294 e. The summed E-state index contributed by atoms with van der Waals surface area (Å²) < 4.78 is 0. The second-order valence-corrected chi connectivity index (χ2v) is 4.58. The molecule has 0 radical (unpaired) electrons. The summed E-state index contributed by atoms with van der Waals surface area (Å²) in [5, 5.41) is 3.62. The van der Waals surface area contributed by atoms with Crippen molar-refractivity contribution in [1.29, 1.82) is 0 Å². The summed E-state index contributed by atoms with van der Waals surface area (Å²) in [4.78, 5) is 0. The lowest BCUT2D eigenvalue weighted by Crippen LogP contribution is -2.20. The first-order valence-corrected chi connectivity index (χ1v) is 5.49. The largest absolute Gasteiger partial charge is 0.307 e. The lowest BCUT2D eigenvalue weighted by atomic mass is 10.0. The van der Waals surface area contributed by atoms with Gasteiger partial charge in [-0.05, 0) is 39.2 Å². The van der Waals surface area contributed by atoms with E-state index < -0.39 is 0 Å². The van der Waals surface area contributed by atoms with Crippen LogP contribution in [0.3, 0.4) is 0 Å². The van der Waals surface area contributed by atoms with Crippen molar-refractivity contribution in [3.63, 3.8) is 0 Å². The fraction of sp³-hybridized carbons (Fsp3) is 0.538. The van der Waals surface area contributed by atoms with E-state index >= 15 is 0 Å². The normalized spacial score (nSPS) is 18.2. The van der Waals surface area contributed by atoms with Gasteiger partial charge in [-0.15, -0.1) is 0 Å². The van der Waals surface area contributed by atoms with Gasteiger partial charge in [0.1, 0.15) is 0 Å². The maximum absolute atomic E-state index is 3.62. The van der Waals surface area contributed by atoms with Crippen molar-refractivity contribution < 1.29 is 0 Å². The van der Waals surface area contributed by atoms with E-state index in [4.69, 9.17) is 0 Å². The smallest absolute Gasteiger partial charge is 0.0294 e. The van der Waals surface area contributed by atoms with Gasteiger partial charge in [-0.2, -0.15) is 0 Å². The van der Waals surface area contributed by atoms with Gasteiger partial charge in [0, 0.05) is 12.1 Å². The zero-order chi connectivity index (χ0) is 10.1. The standard InChI is InChI=1S/C13H19N/c1-9-6-10(2)8-12(7-9)11(3)14-13-4-5-13/h6-8,11,13-14H,4-5H2,1-3H3. The molecule has 0 heterocycles. The first-order chi connectivity index (χ1) is 6.65. The van der Waals surface area contributed by atoms with Gasteiger partial charge in [-0.1, -0.05) is 29.3 Å². The summed E-state index contributed by atoms with van der Waals surface area (Å²) in [6.07, 6.45) is 2.71. The highest BCUT2D eigenvalue weighted by atomic mass is 15.0. The highest BCUT2D eigenvalue weighted by molar-refractivity contribution is 5.30. The van der Waals surface area contributed by atoms with Crippen molar-refractivity contribution in [2.24, 2.45) is 0 Å². The highest BCUT2D eigenvalue weighted by Crippen LogP contribution is 2.24. The van der Waals surface area contributed by atoms with E-state index in [1.807, 2.05) is 0 Å². The molecule has 1 saturated carbocycles. The molecule has 0 bridgehead atoms. The molecule has 1 aliphatic carbocycles. The molecular formula is C13H19N. The molecule has 1 atom stereocenters. The zero-order valence-corrected chi connectivity index (χ0v) is 9.30. The molecule has 2 rings (SSSR count). The van der Waals surface area contributed by atoms with Crippen molar-refractivity contribution in [2.75, 3.05) is 0 Å². The molecule has 0 spiro atoms. The van der Waals surface area contributed by atoms with Crippen molar-refractivity contribution in [3.8, 4) is 0 Å². The Labute approximate surface area is 86.5 Å². The molecule has 1 N–H and O–H groups in total. The van der Waals surface area contributed by atoms with Crippen LogP contribution < -0.4 is 5.32 Å². The Morgan fingerprint density at radius 3 is 2.21 bits per heavy atom. The van der Waals surface area contributed by atoms with Crippen LogP contribution in [-0.2, 0) is 0 Å². The van der Waals surface area contributed by atoms with Crippen LogP contribution in [0.1, 0.15) is 42.5 Å². The van der Waals surface area contributed by atoms with E-state index in [0.717, 1.165) is 6.04 Å². The topological polar surface area (TPSA) is 12.0 Å². The Morgan fingerprint density at radius 1 is 1.14 bits per heavy atom. The van der Waals surface area contributed by atoms with Gasteiger partial charge >= 0.3 is 0 Å². The van der Waals surface area contributed by atoms with Gasteiger partial charge in [0.2, 0.25) is 0 Å². The SMILES string of the molecule is Cc1cc(C)cc(C(C)NC2CC2)c1. The molecule has 0 saturated heterocycles. The predicted octanol–water partition coefficient (Wildman–Crippen LogP) is 3.12. The summed E-state index contributed by atoms with van der Waals surface area (Å²) in [7, 11) is 0. The van der Waals surface area contributed by atoms with Crippen LogP contribution in [-0.4, -0.2) is 6.04 Å². The van der Waals surface area contributed by atoms with Crippen LogP contribution in [0.15, 0.2) is 18.2 Å². The number of hydrogen-bond donors (Lipinski definition) is 1. The van der Waals surface area contributed by atoms with Crippen LogP contribution in [0.4, 0.5) is 0 Å². The first-order valence-electron chi connectivity index (χ1n) is 5.49. The maximum atomic E-state index is 3.62. The third-order valence-electron chi connectivity index (χ3n) is 2.81. The molecule has 1 aromatic carbocycles. The van der Waals surface area contributed by atoms with Crippen molar-refractivity contribution in [2.45, 2.75) is 45.7 Å². The summed E-state index contributed by atoms with van der Waals surface area (Å²) in [5.41, 5.74) is 4.16. The van der Waals surface area contributed by atoms with Gasteiger partial charge in [0.05, 0.1) is 0 Å². The number of nitrogens with one attached hydrogen (secondary N) is 1. The van der Waals surface area contributed by atoms with E-state index in [-0.39, 0.29) is 0 Å². The number of rotatable bonds is 3. The lowest BCUT2D eigenvalue weighted by molar-refractivity contribution is 0.570. The molecule has 76 valence electrons. The second-order valence-electron chi connectivity index (χ2n) is 4.58. The molecule has 1 heteroatoms. The van der Waals surface area contributed by atoms with Gasteiger partial charge in [0.25, 0.3) is 0 Å². The van der Waals surface area contributed by atoms with E-state index in [1.165, 1.54) is 29.5 Å². The molecule has 0 aliphatic heterocycles. The van der Waals surface area contributed by atoms with Gasteiger partial charge < -0.3 is 5.32 Å². The fourth-order valence-electron chi connectivity index (χ4n) is 1.96. The zero-order valence-electron chi connectivity index (χ0n) is 9.30. The van der Waals surface area contributed by atoms with E-state index in [9.17, 15) is 0 Å². The molecule has 1 unspecified atom stereocenters. The van der Waals surface area contributed by atoms with E-state index in [0.29, 0.717) is 6.04 Å². The molecule has 14 heavy (non-hydrogen) atoms. The van der Waals surface area contributed by atoms with Crippen LogP contribution >= 0.6 is 0 Å². The third kappa shape index (κ3) is 2.36. The Morgan fingerprint density at radius 2 is 1.71 bits per heavy atom. The molecule has 1 aromatic rings.